The summed E-state index contributed by atoms with van der Waals surface area (Å²) in [4.78, 5) is 129. The molecule has 2 aliphatic heterocycles. The highest BCUT2D eigenvalue weighted by Gasteiger charge is 2.42. The number of aliphatic carboxylic acids is 1. The molecule has 0 bridgehead atoms. The molecule has 2 saturated heterocycles. The van der Waals surface area contributed by atoms with Crippen LogP contribution in [-0.2, 0) is 49.6 Å². The minimum atomic E-state index is -1.37. The Kier molecular flexibility index (Phi) is 24.2. The van der Waals surface area contributed by atoms with Crippen molar-refractivity contribution >= 4 is 75.9 Å². The first-order chi connectivity index (χ1) is 34.4. The number of carbonyl (C=O) groups excluding carboxylic acids is 8. The summed E-state index contributed by atoms with van der Waals surface area (Å²) in [5.74, 6) is -6.26. The Bertz CT molecular complexity index is 2180. The number of carboxylic acids is 1. The summed E-state index contributed by atoms with van der Waals surface area (Å²) in [6.45, 7) is 4.62. The van der Waals surface area contributed by atoms with Crippen molar-refractivity contribution in [2.45, 2.75) is 158 Å². The summed E-state index contributed by atoms with van der Waals surface area (Å²) in [6, 6.07) is -1.59. The van der Waals surface area contributed by atoms with Crippen LogP contribution in [0.2, 0.25) is 0 Å². The van der Waals surface area contributed by atoms with Gasteiger partial charge >= 0.3 is 5.97 Å². The first kappa shape index (κ1) is 58.8. The molecule has 22 nitrogen and oxygen atoms in total. The monoisotopic (exact) mass is 1030 g/mol. The van der Waals surface area contributed by atoms with E-state index >= 15 is 0 Å². The van der Waals surface area contributed by atoms with Gasteiger partial charge in [-0.2, -0.15) is 11.8 Å². The van der Waals surface area contributed by atoms with Crippen molar-refractivity contribution in [3.05, 3.63) is 36.0 Å². The largest absolute Gasteiger partial charge is 0.480 e. The molecule has 0 unspecified atom stereocenters. The Morgan fingerprint density at radius 3 is 1.85 bits per heavy atom. The average molecular weight is 1030 g/mol. The number of carbonyl (C=O) groups is 9. The predicted octanol–water partition coefficient (Wildman–Crippen LogP) is -0.149. The standard InChI is InChI=1S/C49H78N12O10S/c1-4-29(2)41(46(67)56-35(19-20-40(53)62)48(69)61-25-11-17-38(61)44(65)57-36(49(70)71)16-8-10-23-51)59-43(64)37(27-30-28-54-33-14-6-5-13-31(30)33)58-45(66)39-18-12-24-60(39)47(68)34(15-7-9-22-50)55-42(63)32(52)21-26-72-3/h5-6,13-14,28-29,32,34-39,41,54H,4,7-12,15-27,50-52H2,1-3H3,(H2,53,62)(H,55,63)(H,56,67)(H,57,65)(H,58,66)(H,59,64)(H,70,71)/t29-,32-,34-,35-,36-,37-,38-,39-,41-/m0/s1. The van der Waals surface area contributed by atoms with Crippen LogP contribution in [0.1, 0.15) is 109 Å². The van der Waals surface area contributed by atoms with E-state index in [1.807, 2.05) is 30.5 Å². The first-order valence-electron chi connectivity index (χ1n) is 25.3. The van der Waals surface area contributed by atoms with Gasteiger partial charge in [0.15, 0.2) is 0 Å². The van der Waals surface area contributed by atoms with Gasteiger partial charge in [0.05, 0.1) is 6.04 Å². The zero-order valence-corrected chi connectivity index (χ0v) is 42.8. The van der Waals surface area contributed by atoms with E-state index in [1.165, 1.54) is 9.80 Å². The third kappa shape index (κ3) is 16.9. The molecule has 72 heavy (non-hydrogen) atoms. The third-order valence-electron chi connectivity index (χ3n) is 13.6. The molecule has 2 fully saturated rings. The number of fused-ring (bicyclic) bond motifs is 1. The van der Waals surface area contributed by atoms with Crippen LogP contribution in [0.4, 0.5) is 0 Å². The first-order valence-corrected chi connectivity index (χ1v) is 26.7. The fourth-order valence-corrected chi connectivity index (χ4v) is 9.68. The van der Waals surface area contributed by atoms with Crippen LogP contribution < -0.4 is 49.5 Å². The summed E-state index contributed by atoms with van der Waals surface area (Å²) in [5.41, 5.74) is 24.4. The molecule has 4 rings (SSSR count). The maximum atomic E-state index is 14.7. The number of benzene rings is 1. The number of amides is 8. The zero-order valence-electron chi connectivity index (χ0n) is 42.0. The Morgan fingerprint density at radius 2 is 1.29 bits per heavy atom. The second-order valence-corrected chi connectivity index (χ2v) is 19.8. The van der Waals surface area contributed by atoms with E-state index in [9.17, 15) is 48.3 Å². The Balaban J connectivity index is 1.60. The van der Waals surface area contributed by atoms with E-state index in [0.29, 0.717) is 75.8 Å². The molecule has 0 saturated carbocycles. The molecular weight excluding hydrogens is 949 g/mol. The van der Waals surface area contributed by atoms with Crippen molar-refractivity contribution < 1.29 is 48.3 Å². The molecule has 23 heteroatoms. The maximum absolute atomic E-state index is 14.7. The van der Waals surface area contributed by atoms with Crippen molar-refractivity contribution in [2.24, 2.45) is 28.9 Å². The second-order valence-electron chi connectivity index (χ2n) is 18.9. The second kappa shape index (κ2) is 29.7. The van der Waals surface area contributed by atoms with Crippen LogP contribution in [0, 0.1) is 5.92 Å². The summed E-state index contributed by atoms with van der Waals surface area (Å²) < 4.78 is 0. The Hall–Kier alpha value is -5.78. The van der Waals surface area contributed by atoms with Gasteiger partial charge in [-0.05, 0) is 120 Å². The normalized spacial score (nSPS) is 18.5. The van der Waals surface area contributed by atoms with Crippen molar-refractivity contribution in [1.29, 1.82) is 0 Å². The van der Waals surface area contributed by atoms with Crippen molar-refractivity contribution in [1.82, 2.24) is 41.4 Å². The van der Waals surface area contributed by atoms with Gasteiger partial charge in [-0.1, -0.05) is 38.5 Å². The lowest BCUT2D eigenvalue weighted by atomic mass is 9.96. The summed E-state index contributed by atoms with van der Waals surface area (Å²) in [6.07, 6.45) is 7.81. The number of primary amides is 1. The summed E-state index contributed by atoms with van der Waals surface area (Å²) >= 11 is 1.54. The average Bonchev–Trinajstić information content (AvgIpc) is 4.16. The SMILES string of the molecule is CC[C@H](C)[C@H](NC(=O)[C@H](Cc1c[nH]c2ccccc12)NC(=O)[C@@H]1CCCN1C(=O)[C@H](CCCCN)NC(=O)[C@@H](N)CCSC)C(=O)N[C@@H](CCC(N)=O)C(=O)N1CCC[C@H]1C(=O)N[C@@H](CCCCN)C(=O)O. The van der Waals surface area contributed by atoms with Crippen LogP contribution in [-0.4, -0.2) is 160 Å². The fourth-order valence-electron chi connectivity index (χ4n) is 9.19. The number of rotatable bonds is 31. The molecule has 400 valence electrons. The summed E-state index contributed by atoms with van der Waals surface area (Å²) in [7, 11) is 0. The highest BCUT2D eigenvalue weighted by atomic mass is 32.2. The molecule has 9 atom stereocenters. The molecule has 15 N–H and O–H groups in total. The van der Waals surface area contributed by atoms with E-state index in [-0.39, 0.29) is 58.0 Å². The van der Waals surface area contributed by atoms with Gasteiger partial charge in [-0.15, -0.1) is 0 Å². The van der Waals surface area contributed by atoms with Crippen molar-refractivity contribution in [3.8, 4) is 0 Å². The van der Waals surface area contributed by atoms with E-state index in [1.54, 1.807) is 31.8 Å². The molecule has 1 aromatic heterocycles. The Labute approximate surface area is 425 Å². The summed E-state index contributed by atoms with van der Waals surface area (Å²) in [5, 5.41) is 24.4. The minimum Gasteiger partial charge on any atom is -0.480 e. The van der Waals surface area contributed by atoms with Gasteiger partial charge in [-0.25, -0.2) is 4.79 Å². The number of hydrogen-bond donors (Lipinski definition) is 11. The number of thioether (sulfide) groups is 1. The van der Waals surface area contributed by atoms with Crippen LogP contribution >= 0.6 is 11.8 Å². The smallest absolute Gasteiger partial charge is 0.326 e. The molecule has 3 heterocycles. The molecular formula is C49H78N12O10S. The van der Waals surface area contributed by atoms with Gasteiger partial charge in [0.25, 0.3) is 0 Å². The van der Waals surface area contributed by atoms with Gasteiger partial charge in [0.1, 0.15) is 42.3 Å². The minimum absolute atomic E-state index is 0.0311. The fraction of sp³-hybridized carbons (Fsp3) is 0.653. The Morgan fingerprint density at radius 1 is 0.736 bits per heavy atom. The predicted molar refractivity (Wildman–Crippen MR) is 273 cm³/mol. The van der Waals surface area contributed by atoms with Crippen molar-refractivity contribution in [2.75, 3.05) is 38.2 Å². The number of hydrogen-bond acceptors (Lipinski definition) is 13. The lowest BCUT2D eigenvalue weighted by molar-refractivity contribution is -0.145. The van der Waals surface area contributed by atoms with Gasteiger partial charge in [0, 0.05) is 43.0 Å². The maximum Gasteiger partial charge on any atom is 0.326 e. The number of H-pyrrole nitrogens is 1. The molecule has 2 aliphatic rings. The van der Waals surface area contributed by atoms with Crippen LogP contribution in [0.15, 0.2) is 30.5 Å². The van der Waals surface area contributed by atoms with E-state index in [4.69, 9.17) is 22.9 Å². The lowest BCUT2D eigenvalue weighted by Crippen LogP contribution is -2.61. The number of aromatic nitrogens is 1. The third-order valence-corrected chi connectivity index (χ3v) is 14.2. The van der Waals surface area contributed by atoms with Gasteiger partial charge < -0.3 is 69.4 Å². The molecule has 0 spiro atoms. The number of carboxylic acid groups (broad SMARTS) is 1. The van der Waals surface area contributed by atoms with Crippen molar-refractivity contribution in [3.63, 3.8) is 0 Å². The number of nitrogens with two attached hydrogens (primary N) is 4. The highest BCUT2D eigenvalue weighted by Crippen LogP contribution is 2.24. The number of para-hydroxylation sites is 1. The quantitative estimate of drug-likeness (QED) is 0.0438. The lowest BCUT2D eigenvalue weighted by Gasteiger charge is -2.32. The van der Waals surface area contributed by atoms with Crippen LogP contribution in [0.25, 0.3) is 10.9 Å². The van der Waals surface area contributed by atoms with Gasteiger partial charge in [0.2, 0.25) is 47.3 Å². The van der Waals surface area contributed by atoms with Crippen LogP contribution in [0.5, 0.6) is 0 Å². The number of nitrogens with zero attached hydrogens (tertiary/aromatic N) is 2. The van der Waals surface area contributed by atoms with Gasteiger partial charge in [-0.3, -0.25) is 38.4 Å². The molecule has 0 aliphatic carbocycles. The topological polar surface area (TPSA) is 360 Å². The number of nitrogens with one attached hydrogen (secondary N) is 6. The molecule has 0 radical (unpaired) electrons. The number of likely N-dealkylation sites (tertiary alicyclic amines) is 2. The number of aromatic amines is 1. The molecule has 2 aromatic rings. The van der Waals surface area contributed by atoms with E-state index in [2.05, 4.69) is 31.6 Å². The molecule has 1 aromatic carbocycles. The highest BCUT2D eigenvalue weighted by molar-refractivity contribution is 7.98. The van der Waals surface area contributed by atoms with E-state index in [0.717, 1.165) is 10.9 Å². The van der Waals surface area contributed by atoms with Crippen LogP contribution in [0.3, 0.4) is 0 Å². The number of unbranched alkanes of at least 4 members (excludes halogenated alkanes) is 2. The zero-order chi connectivity index (χ0) is 52.9. The molecule has 8 amide bonds. The van der Waals surface area contributed by atoms with E-state index < -0.39 is 107 Å².